The molecule has 0 unspecified atom stereocenters. The van der Waals surface area contributed by atoms with Crippen molar-refractivity contribution in [2.24, 2.45) is 0 Å². The third-order valence-corrected chi connectivity index (χ3v) is 9.58. The Morgan fingerprint density at radius 3 is 1.30 bits per heavy atom. The second-order valence-electron chi connectivity index (χ2n) is 13.2. The molecule has 2 aromatic heterocycles. The maximum atomic E-state index is 7.82. The van der Waals surface area contributed by atoms with Gasteiger partial charge in [-0.25, -0.2) is 29.8 Å². The van der Waals surface area contributed by atoms with E-state index in [0.29, 0.717) is 29.0 Å². The van der Waals surface area contributed by atoms with Crippen LogP contribution in [-0.4, -0.2) is 24.9 Å². The first-order chi connectivity index (χ1) is 27.7. The number of aromatic nitrogens is 5. The summed E-state index contributed by atoms with van der Waals surface area (Å²) in [5.74, 6) is 2.38. The lowest BCUT2D eigenvalue weighted by atomic mass is 9.89. The maximum absolute atomic E-state index is 7.82. The number of hydrogen-bond donors (Lipinski definition) is 0. The number of nitrogens with zero attached hydrogens (tertiary/aromatic N) is 6. The zero-order chi connectivity index (χ0) is 37.7. The molecule has 0 N–H and O–H groups in total. The smallest absolute Gasteiger partial charge is 0.187 e. The number of benzene rings is 7. The average molecular weight is 717 g/mol. The molecule has 0 saturated heterocycles. The van der Waals surface area contributed by atoms with Gasteiger partial charge < -0.3 is 0 Å². The Kier molecular flexibility index (Phi) is 9.23. The van der Waals surface area contributed by atoms with Crippen molar-refractivity contribution in [1.82, 2.24) is 24.9 Å². The molecule has 6 heteroatoms. The molecule has 2 heterocycles. The van der Waals surface area contributed by atoms with Gasteiger partial charge in [0.1, 0.15) is 0 Å². The van der Waals surface area contributed by atoms with Gasteiger partial charge in [-0.1, -0.05) is 176 Å². The Morgan fingerprint density at radius 2 is 0.732 bits per heavy atom. The molecule has 0 radical (unpaired) electrons. The van der Waals surface area contributed by atoms with Crippen LogP contribution in [0.1, 0.15) is 0 Å². The van der Waals surface area contributed by atoms with Gasteiger partial charge >= 0.3 is 0 Å². The summed E-state index contributed by atoms with van der Waals surface area (Å²) in [5.41, 5.74) is 11.5. The zero-order valence-corrected chi connectivity index (χ0v) is 30.2. The molecule has 0 amide bonds. The first kappa shape index (κ1) is 33.9. The summed E-state index contributed by atoms with van der Waals surface area (Å²) in [6.45, 7) is 7.82. The Morgan fingerprint density at radius 1 is 0.286 bits per heavy atom. The molecule has 7 aromatic carbocycles. The van der Waals surface area contributed by atoms with Crippen molar-refractivity contribution in [3.63, 3.8) is 0 Å². The molecule has 0 aliphatic rings. The zero-order valence-electron chi connectivity index (χ0n) is 30.2. The van der Waals surface area contributed by atoms with Gasteiger partial charge in [0, 0.05) is 33.4 Å². The van der Waals surface area contributed by atoms with Gasteiger partial charge in [0.25, 0.3) is 0 Å². The van der Waals surface area contributed by atoms with Crippen LogP contribution in [0.4, 0.5) is 5.69 Å². The lowest BCUT2D eigenvalue weighted by Crippen LogP contribution is -2.00. The fraction of sp³-hybridized carbons (Fsp3) is 0. The van der Waals surface area contributed by atoms with Crippen LogP contribution >= 0.6 is 0 Å². The van der Waals surface area contributed by atoms with Gasteiger partial charge in [0.2, 0.25) is 0 Å². The molecule has 0 bridgehead atoms. The van der Waals surface area contributed by atoms with Crippen LogP contribution in [0.15, 0.2) is 194 Å². The third kappa shape index (κ3) is 6.96. The maximum Gasteiger partial charge on any atom is 0.187 e. The fourth-order valence-electron chi connectivity index (χ4n) is 6.84. The largest absolute Gasteiger partial charge is 0.238 e. The van der Waals surface area contributed by atoms with E-state index in [9.17, 15) is 0 Å². The molecular formula is C50H32N6. The highest BCUT2D eigenvalue weighted by Crippen LogP contribution is 2.41. The van der Waals surface area contributed by atoms with Crippen LogP contribution in [0.25, 0.3) is 95.2 Å². The molecule has 262 valence electrons. The summed E-state index contributed by atoms with van der Waals surface area (Å²) in [7, 11) is 0. The van der Waals surface area contributed by atoms with Crippen LogP contribution in [0.5, 0.6) is 0 Å². The highest BCUT2D eigenvalue weighted by atomic mass is 15.0. The standard InChI is InChI=1S/C50H32N6/c1-51-40-26-16-25-38(31-40)44-32-39(50-55-48(36-21-10-4-11-22-36)54-49(56-50)37-23-12-5-13-24-37)29-30-42(44)41-27-14-15-28-43(41)46-33-45(34-17-6-2-7-18-34)52-47(53-46)35-19-8-3-9-20-35/h2-33H. The molecular weight excluding hydrogens is 685 g/mol. The summed E-state index contributed by atoms with van der Waals surface area (Å²) < 4.78 is 0. The Hall–Kier alpha value is -7.88. The van der Waals surface area contributed by atoms with Crippen LogP contribution < -0.4 is 0 Å². The van der Waals surface area contributed by atoms with Crippen molar-refractivity contribution in [2.45, 2.75) is 0 Å². The second-order valence-corrected chi connectivity index (χ2v) is 13.2. The molecule has 9 rings (SSSR count). The van der Waals surface area contributed by atoms with Gasteiger partial charge in [-0.2, -0.15) is 0 Å². The lowest BCUT2D eigenvalue weighted by Gasteiger charge is -2.17. The highest BCUT2D eigenvalue weighted by molar-refractivity contribution is 5.93. The second kappa shape index (κ2) is 15.2. The van der Waals surface area contributed by atoms with Gasteiger partial charge in [-0.05, 0) is 40.5 Å². The van der Waals surface area contributed by atoms with Crippen molar-refractivity contribution in [3.05, 3.63) is 206 Å². The fourth-order valence-corrected chi connectivity index (χ4v) is 6.84. The number of hydrogen-bond acceptors (Lipinski definition) is 5. The van der Waals surface area contributed by atoms with E-state index in [1.807, 2.05) is 146 Å². The first-order valence-electron chi connectivity index (χ1n) is 18.3. The quantitative estimate of drug-likeness (QED) is 0.146. The first-order valence-corrected chi connectivity index (χ1v) is 18.3. The molecule has 6 nitrogen and oxygen atoms in total. The van der Waals surface area contributed by atoms with Crippen LogP contribution in [-0.2, 0) is 0 Å². The predicted octanol–water partition coefficient (Wildman–Crippen LogP) is 12.5. The molecule has 0 fully saturated rings. The normalized spacial score (nSPS) is 10.8. The van der Waals surface area contributed by atoms with E-state index >= 15 is 0 Å². The van der Waals surface area contributed by atoms with Crippen LogP contribution in [0, 0.1) is 6.57 Å². The van der Waals surface area contributed by atoms with E-state index in [0.717, 1.165) is 67.0 Å². The predicted molar refractivity (Wildman–Crippen MR) is 225 cm³/mol. The van der Waals surface area contributed by atoms with E-state index in [1.165, 1.54) is 0 Å². The van der Waals surface area contributed by atoms with E-state index in [2.05, 4.69) is 53.4 Å². The van der Waals surface area contributed by atoms with Crippen molar-refractivity contribution >= 4 is 5.69 Å². The van der Waals surface area contributed by atoms with Gasteiger partial charge in [-0.3, -0.25) is 0 Å². The third-order valence-electron chi connectivity index (χ3n) is 9.58. The minimum atomic E-state index is 0.552. The van der Waals surface area contributed by atoms with E-state index < -0.39 is 0 Å². The summed E-state index contributed by atoms with van der Waals surface area (Å²) in [6.07, 6.45) is 0. The summed E-state index contributed by atoms with van der Waals surface area (Å²) in [5, 5.41) is 0. The molecule has 0 aliphatic heterocycles. The van der Waals surface area contributed by atoms with Crippen LogP contribution in [0.3, 0.4) is 0 Å². The topological polar surface area (TPSA) is 68.8 Å². The van der Waals surface area contributed by atoms with Crippen molar-refractivity contribution < 1.29 is 0 Å². The molecule has 9 aromatic rings. The monoisotopic (exact) mass is 716 g/mol. The number of rotatable bonds is 8. The Labute approximate surface area is 325 Å². The van der Waals surface area contributed by atoms with Crippen molar-refractivity contribution in [2.75, 3.05) is 0 Å². The molecule has 0 saturated carbocycles. The molecule has 0 aliphatic carbocycles. The van der Waals surface area contributed by atoms with Crippen molar-refractivity contribution in [3.8, 4) is 90.3 Å². The Bertz CT molecular complexity index is 2740. The molecule has 0 atom stereocenters. The van der Waals surface area contributed by atoms with Crippen molar-refractivity contribution in [1.29, 1.82) is 0 Å². The highest BCUT2D eigenvalue weighted by Gasteiger charge is 2.19. The van der Waals surface area contributed by atoms with E-state index in [4.69, 9.17) is 31.5 Å². The van der Waals surface area contributed by atoms with E-state index in [1.54, 1.807) is 0 Å². The minimum Gasteiger partial charge on any atom is -0.238 e. The minimum absolute atomic E-state index is 0.552. The Balaban J connectivity index is 1.25. The lowest BCUT2D eigenvalue weighted by molar-refractivity contribution is 1.07. The van der Waals surface area contributed by atoms with Gasteiger partial charge in [0.05, 0.1) is 18.0 Å². The average Bonchev–Trinajstić information content (AvgIpc) is 3.29. The summed E-state index contributed by atoms with van der Waals surface area (Å²) in [4.78, 5) is 28.9. The van der Waals surface area contributed by atoms with Gasteiger partial charge in [-0.15, -0.1) is 0 Å². The summed E-state index contributed by atoms with van der Waals surface area (Å²) >= 11 is 0. The summed E-state index contributed by atoms with van der Waals surface area (Å²) in [6, 6.07) is 64.7. The SMILES string of the molecule is [C-]#[N+]c1cccc(-c2cc(-c3nc(-c4ccccc4)nc(-c4ccccc4)n3)ccc2-c2ccccc2-c2cc(-c3ccccc3)nc(-c3ccccc3)n2)c1. The molecule has 56 heavy (non-hydrogen) atoms. The van der Waals surface area contributed by atoms with E-state index in [-0.39, 0.29) is 0 Å². The van der Waals surface area contributed by atoms with Gasteiger partial charge in [0.15, 0.2) is 29.0 Å². The van der Waals surface area contributed by atoms with Crippen LogP contribution in [0.2, 0.25) is 0 Å². The molecule has 0 spiro atoms.